The average molecular weight is 465 g/mol. The van der Waals surface area contributed by atoms with Crippen molar-refractivity contribution in [2.75, 3.05) is 19.5 Å². The number of methoxy groups -OCH3 is 2. The monoisotopic (exact) mass is 465 g/mol. The number of allylic oxidation sites excluding steroid dienone is 1. The number of carbonyl (C=O) groups excluding carboxylic acids is 1. The van der Waals surface area contributed by atoms with E-state index < -0.39 is 10.7 Å². The van der Waals surface area contributed by atoms with Gasteiger partial charge in [0.15, 0.2) is 11.5 Å². The van der Waals surface area contributed by atoms with Crippen LogP contribution in [-0.2, 0) is 13.2 Å². The van der Waals surface area contributed by atoms with Crippen molar-refractivity contribution in [1.29, 1.82) is 0 Å². The summed E-state index contributed by atoms with van der Waals surface area (Å²) in [6, 6.07) is 10.8. The number of benzene rings is 2. The lowest BCUT2D eigenvalue weighted by atomic mass is 10.1. The Morgan fingerprint density at radius 1 is 1.12 bits per heavy atom. The topological polar surface area (TPSA) is 144 Å². The van der Waals surface area contributed by atoms with E-state index in [1.165, 1.54) is 38.5 Å². The predicted molar refractivity (Wildman–Crippen MR) is 125 cm³/mol. The summed E-state index contributed by atoms with van der Waals surface area (Å²) in [6.45, 7) is -0.582. The molecule has 0 aliphatic heterocycles. The SMILES string of the molecule is COc1ccc(C(=O)C=Cc2cccnc2Nc2cc(CO)c(CO)c(OC)c2)cc1[N+](=O)[O-]. The van der Waals surface area contributed by atoms with Crippen LogP contribution < -0.4 is 14.8 Å². The number of nitro benzene ring substituents is 1. The molecular formula is C24H23N3O7. The third-order valence-corrected chi connectivity index (χ3v) is 5.03. The van der Waals surface area contributed by atoms with Crippen LogP contribution in [0.15, 0.2) is 54.7 Å². The molecule has 0 aliphatic rings. The number of nitro groups is 1. The van der Waals surface area contributed by atoms with E-state index in [0.29, 0.717) is 33.9 Å². The molecule has 0 amide bonds. The molecule has 10 heteroatoms. The second-order valence-electron chi connectivity index (χ2n) is 7.04. The molecule has 34 heavy (non-hydrogen) atoms. The molecule has 0 radical (unpaired) electrons. The van der Waals surface area contributed by atoms with Gasteiger partial charge in [0.05, 0.1) is 32.4 Å². The van der Waals surface area contributed by atoms with E-state index in [4.69, 9.17) is 9.47 Å². The van der Waals surface area contributed by atoms with Gasteiger partial charge in [-0.2, -0.15) is 0 Å². The van der Waals surface area contributed by atoms with Crippen molar-refractivity contribution < 1.29 is 29.4 Å². The lowest BCUT2D eigenvalue weighted by Crippen LogP contribution is -2.03. The molecule has 2 aromatic carbocycles. The van der Waals surface area contributed by atoms with Gasteiger partial charge in [-0.15, -0.1) is 0 Å². The minimum absolute atomic E-state index is 0.0640. The third kappa shape index (κ3) is 5.37. The molecule has 0 saturated heterocycles. The molecule has 0 spiro atoms. The van der Waals surface area contributed by atoms with Crippen LogP contribution in [0.5, 0.6) is 11.5 Å². The first kappa shape index (κ1) is 24.4. The smallest absolute Gasteiger partial charge is 0.311 e. The molecule has 1 heterocycles. The first-order chi connectivity index (χ1) is 16.4. The summed E-state index contributed by atoms with van der Waals surface area (Å²) in [6.07, 6.45) is 4.41. The zero-order valence-corrected chi connectivity index (χ0v) is 18.5. The number of nitrogens with zero attached hydrogens (tertiary/aromatic N) is 2. The number of anilines is 2. The standard InChI is InChI=1S/C24H23N3O7/c1-33-22-8-6-16(11-20(22)27(31)32)21(30)7-5-15-4-3-9-25-24(15)26-18-10-17(13-28)19(14-29)23(12-18)34-2/h3-12,28-29H,13-14H2,1-2H3,(H,25,26). The number of pyridine rings is 1. The number of carbonyl (C=O) groups is 1. The van der Waals surface area contributed by atoms with Crippen LogP contribution in [0.25, 0.3) is 6.08 Å². The molecule has 0 atom stereocenters. The van der Waals surface area contributed by atoms with E-state index >= 15 is 0 Å². The van der Waals surface area contributed by atoms with Gasteiger partial charge in [-0.05, 0) is 48.0 Å². The number of hydrogen-bond acceptors (Lipinski definition) is 9. The van der Waals surface area contributed by atoms with Crippen molar-refractivity contribution >= 4 is 29.1 Å². The number of aliphatic hydroxyl groups is 2. The molecule has 3 aromatic rings. The highest BCUT2D eigenvalue weighted by Gasteiger charge is 2.17. The summed E-state index contributed by atoms with van der Waals surface area (Å²) in [5, 5.41) is 33.6. The van der Waals surface area contributed by atoms with Crippen LogP contribution in [0.2, 0.25) is 0 Å². The minimum atomic E-state index is -0.612. The normalized spacial score (nSPS) is 10.8. The number of nitrogens with one attached hydrogen (secondary N) is 1. The quantitative estimate of drug-likeness (QED) is 0.177. The summed E-state index contributed by atoms with van der Waals surface area (Å²) in [7, 11) is 2.78. The van der Waals surface area contributed by atoms with Crippen LogP contribution in [0.3, 0.4) is 0 Å². The van der Waals surface area contributed by atoms with Crippen LogP contribution in [0.4, 0.5) is 17.2 Å². The lowest BCUT2D eigenvalue weighted by molar-refractivity contribution is -0.385. The molecule has 0 unspecified atom stereocenters. The highest BCUT2D eigenvalue weighted by atomic mass is 16.6. The number of ether oxygens (including phenoxy) is 2. The molecule has 0 saturated carbocycles. The van der Waals surface area contributed by atoms with Gasteiger partial charge < -0.3 is 25.0 Å². The molecule has 10 nitrogen and oxygen atoms in total. The minimum Gasteiger partial charge on any atom is -0.496 e. The first-order valence-electron chi connectivity index (χ1n) is 10.1. The fraction of sp³-hybridized carbons (Fsp3) is 0.167. The zero-order chi connectivity index (χ0) is 24.7. The molecule has 176 valence electrons. The first-order valence-corrected chi connectivity index (χ1v) is 10.1. The Hall–Kier alpha value is -4.28. The molecular weight excluding hydrogens is 442 g/mol. The van der Waals surface area contributed by atoms with Gasteiger partial charge in [-0.25, -0.2) is 4.98 Å². The highest BCUT2D eigenvalue weighted by molar-refractivity contribution is 6.07. The maximum atomic E-state index is 12.6. The highest BCUT2D eigenvalue weighted by Crippen LogP contribution is 2.31. The Labute approximate surface area is 195 Å². The fourth-order valence-corrected chi connectivity index (χ4v) is 3.32. The number of aromatic nitrogens is 1. The van der Waals surface area contributed by atoms with E-state index in [1.807, 2.05) is 0 Å². The van der Waals surface area contributed by atoms with Crippen LogP contribution in [0, 0.1) is 10.1 Å². The van der Waals surface area contributed by atoms with Gasteiger partial charge in [0.25, 0.3) is 0 Å². The van der Waals surface area contributed by atoms with Gasteiger partial charge >= 0.3 is 5.69 Å². The molecule has 0 aliphatic carbocycles. The summed E-state index contributed by atoms with van der Waals surface area (Å²) < 4.78 is 10.3. The van der Waals surface area contributed by atoms with Crippen molar-refractivity contribution in [3.8, 4) is 11.5 Å². The van der Waals surface area contributed by atoms with Gasteiger partial charge in [0.2, 0.25) is 0 Å². The Kier molecular flexibility index (Phi) is 7.91. The van der Waals surface area contributed by atoms with Crippen molar-refractivity contribution in [2.24, 2.45) is 0 Å². The number of aliphatic hydroxyl groups excluding tert-OH is 2. The van der Waals surface area contributed by atoms with Crippen molar-refractivity contribution in [3.63, 3.8) is 0 Å². The number of ketones is 1. The zero-order valence-electron chi connectivity index (χ0n) is 18.5. The predicted octanol–water partition coefficient (Wildman–Crippen LogP) is 3.63. The molecule has 1 aromatic heterocycles. The Morgan fingerprint density at radius 2 is 1.88 bits per heavy atom. The second-order valence-corrected chi connectivity index (χ2v) is 7.04. The lowest BCUT2D eigenvalue weighted by Gasteiger charge is -2.15. The number of hydrogen-bond donors (Lipinski definition) is 3. The summed E-state index contributed by atoms with van der Waals surface area (Å²) in [5.74, 6) is 0.460. The fourth-order valence-electron chi connectivity index (χ4n) is 3.32. The average Bonchev–Trinajstić information content (AvgIpc) is 2.86. The maximum Gasteiger partial charge on any atom is 0.311 e. The van der Waals surface area contributed by atoms with E-state index in [2.05, 4.69) is 10.3 Å². The van der Waals surface area contributed by atoms with Crippen LogP contribution in [0.1, 0.15) is 27.0 Å². The Balaban J connectivity index is 1.89. The second kappa shape index (κ2) is 11.0. The van der Waals surface area contributed by atoms with Crippen LogP contribution in [-0.4, -0.2) is 40.1 Å². The molecule has 3 rings (SSSR count). The van der Waals surface area contributed by atoms with Crippen molar-refractivity contribution in [3.05, 3.63) is 87.1 Å². The van der Waals surface area contributed by atoms with E-state index in [9.17, 15) is 25.1 Å². The van der Waals surface area contributed by atoms with Gasteiger partial charge in [0.1, 0.15) is 11.6 Å². The molecule has 3 N–H and O–H groups in total. The van der Waals surface area contributed by atoms with Gasteiger partial charge in [0, 0.05) is 40.7 Å². The van der Waals surface area contributed by atoms with Crippen LogP contribution >= 0.6 is 0 Å². The summed E-state index contributed by atoms with van der Waals surface area (Å²) >= 11 is 0. The van der Waals surface area contributed by atoms with Gasteiger partial charge in [-0.3, -0.25) is 14.9 Å². The molecule has 0 fully saturated rings. The molecule has 0 bridgehead atoms. The van der Waals surface area contributed by atoms with Crippen molar-refractivity contribution in [2.45, 2.75) is 13.2 Å². The van der Waals surface area contributed by atoms with E-state index in [-0.39, 0.29) is 30.2 Å². The number of rotatable bonds is 10. The van der Waals surface area contributed by atoms with E-state index in [1.54, 1.807) is 36.5 Å². The maximum absolute atomic E-state index is 12.6. The Bertz CT molecular complexity index is 1220. The van der Waals surface area contributed by atoms with Crippen molar-refractivity contribution in [1.82, 2.24) is 4.98 Å². The summed E-state index contributed by atoms with van der Waals surface area (Å²) in [4.78, 5) is 27.6. The van der Waals surface area contributed by atoms with E-state index in [0.717, 1.165) is 0 Å². The Morgan fingerprint density at radius 3 is 2.53 bits per heavy atom. The summed E-state index contributed by atoms with van der Waals surface area (Å²) in [5.41, 5.74) is 1.95. The third-order valence-electron chi connectivity index (χ3n) is 5.03. The largest absolute Gasteiger partial charge is 0.496 e. The van der Waals surface area contributed by atoms with Gasteiger partial charge in [-0.1, -0.05) is 0 Å².